The molecule has 0 saturated heterocycles. The van der Waals surface area contributed by atoms with Crippen LogP contribution in [0.2, 0.25) is 0 Å². The minimum absolute atomic E-state index is 2.55. The van der Waals surface area contributed by atoms with Gasteiger partial charge in [-0.3, -0.25) is 0 Å². The number of rotatable bonds is 5. The molecule has 0 nitrogen and oxygen atoms in total. The molecule has 0 rings (SSSR count). The van der Waals surface area contributed by atoms with Crippen molar-refractivity contribution in [2.75, 3.05) is 0 Å². The summed E-state index contributed by atoms with van der Waals surface area (Å²) in [7, 11) is 0. The summed E-state index contributed by atoms with van der Waals surface area (Å²) in [4.78, 5) is -6.60. The zero-order valence-electron chi connectivity index (χ0n) is 9.47. The molecule has 0 fully saturated rings. The molecule has 144 valence electrons. The Kier molecular flexibility index (Phi) is 5.11. The number of alkyl halides is 15. The van der Waals surface area contributed by atoms with Gasteiger partial charge in [0.1, 0.15) is 0 Å². The first kappa shape index (κ1) is 22.5. The van der Waals surface area contributed by atoms with Gasteiger partial charge in [0, 0.05) is 0 Å². The van der Waals surface area contributed by atoms with Crippen LogP contribution in [0.25, 0.3) is 0 Å². The van der Waals surface area contributed by atoms with Crippen LogP contribution >= 0.6 is 0 Å². The molecule has 0 heterocycles. The Balaban J connectivity index is 6.37. The normalized spacial score (nSPS) is 16.7. The van der Waals surface area contributed by atoms with Crippen LogP contribution in [0.5, 0.6) is 0 Å². The predicted octanol–water partition coefficient (Wildman–Crippen LogP) is 4.86. The van der Waals surface area contributed by atoms with Gasteiger partial charge in [0.25, 0.3) is 0 Å². The van der Waals surface area contributed by atoms with E-state index in [2.05, 4.69) is 16.0 Å². The third-order valence-corrected chi connectivity index (χ3v) is 2.56. The molecule has 0 aliphatic carbocycles. The fourth-order valence-electron chi connectivity index (χ4n) is 0.936. The van der Waals surface area contributed by atoms with E-state index in [4.69, 9.17) is 0 Å². The average Bonchev–Trinajstić information content (AvgIpc) is 2.24. The van der Waals surface area contributed by atoms with Crippen LogP contribution in [-0.2, 0) is 16.0 Å². The van der Waals surface area contributed by atoms with Gasteiger partial charge in [-0.1, -0.05) is 0 Å². The summed E-state index contributed by atoms with van der Waals surface area (Å²) in [5, 5.41) is 0. The van der Waals surface area contributed by atoms with E-state index >= 15 is 0 Å². The van der Waals surface area contributed by atoms with Gasteiger partial charge in [0.15, 0.2) is 0 Å². The topological polar surface area (TPSA) is 0 Å². The number of halogens is 15. The first-order valence-electron chi connectivity index (χ1n) is 4.49. The van der Waals surface area contributed by atoms with E-state index in [-0.39, 0.29) is 0 Å². The van der Waals surface area contributed by atoms with Crippen LogP contribution < -0.4 is 0 Å². The van der Waals surface area contributed by atoms with Crippen molar-refractivity contribution >= 4 is 0 Å². The number of hydrogen-bond acceptors (Lipinski definition) is 0. The molecule has 0 saturated carbocycles. The van der Waals surface area contributed by atoms with Gasteiger partial charge in [0.2, 0.25) is 0 Å². The zero-order valence-corrected chi connectivity index (χ0v) is 10.4. The summed E-state index contributed by atoms with van der Waals surface area (Å²) in [6, 6.07) is 0. The molecule has 0 unspecified atom stereocenters. The second-order valence-corrected chi connectivity index (χ2v) is 4.41. The Labute approximate surface area is 123 Å². The van der Waals surface area contributed by atoms with Gasteiger partial charge < -0.3 is 0 Å². The molecule has 0 amide bonds. The molecule has 0 bridgehead atoms. The van der Waals surface area contributed by atoms with Gasteiger partial charge >= 0.3 is 122 Å². The Morgan fingerprint density at radius 2 is 0.565 bits per heavy atom. The van der Waals surface area contributed by atoms with Crippen LogP contribution in [0.3, 0.4) is 0 Å². The average molecular weight is 433 g/mol. The van der Waals surface area contributed by atoms with Crippen molar-refractivity contribution in [2.45, 2.75) is 40.6 Å². The second kappa shape index (κ2) is 5.23. The van der Waals surface area contributed by atoms with Gasteiger partial charge in [-0.15, -0.1) is 0 Å². The van der Waals surface area contributed by atoms with Crippen LogP contribution in [0.15, 0.2) is 0 Å². The molecule has 0 aromatic carbocycles. The van der Waals surface area contributed by atoms with Crippen molar-refractivity contribution in [3.8, 4) is 0 Å². The van der Waals surface area contributed by atoms with Gasteiger partial charge in [0.05, 0.1) is 0 Å². The molecule has 0 N–H and O–H groups in total. The zero-order chi connectivity index (χ0) is 19.5. The predicted molar refractivity (Wildman–Crippen MR) is 35.7 cm³/mol. The van der Waals surface area contributed by atoms with E-state index in [0.29, 0.717) is 0 Å². The molecule has 16 heteroatoms. The fraction of sp³-hybridized carbons (Fsp3) is 1.00. The first-order valence-corrected chi connectivity index (χ1v) is 4.96. The summed E-state index contributed by atoms with van der Waals surface area (Å²) in [6.45, 7) is 0. The van der Waals surface area contributed by atoms with Crippen LogP contribution in [0, 0.1) is 0 Å². The van der Waals surface area contributed by atoms with E-state index in [1.165, 1.54) is 0 Å². The van der Waals surface area contributed by atoms with Crippen molar-refractivity contribution in [3.05, 3.63) is 0 Å². The van der Waals surface area contributed by atoms with Crippen LogP contribution in [0.1, 0.15) is 0 Å². The first-order chi connectivity index (χ1) is 9.50. The van der Waals surface area contributed by atoms with Gasteiger partial charge in [-0.2, -0.15) is 0 Å². The SMILES string of the molecule is FC(F)(F)C(F)(F)C(F)(F)C(F)(F)C(F)(F)C(F)(F)[C](F)(F)[Cu]. The van der Waals surface area contributed by atoms with E-state index < -0.39 is 40.6 Å². The molecule has 0 radical (unpaired) electrons. The summed E-state index contributed by atoms with van der Waals surface area (Å²) >= 11 is 2.55. The molecule has 0 aliphatic heterocycles. The van der Waals surface area contributed by atoms with Crippen molar-refractivity contribution in [1.29, 1.82) is 0 Å². The molecule has 23 heavy (non-hydrogen) atoms. The number of hydrogen-bond donors (Lipinski definition) is 0. The molecular weight excluding hydrogens is 433 g/mol. The quantitative estimate of drug-likeness (QED) is 0.430. The Morgan fingerprint density at radius 3 is 0.783 bits per heavy atom. The van der Waals surface area contributed by atoms with E-state index in [1.54, 1.807) is 0 Å². The molecule has 0 atom stereocenters. The maximum absolute atomic E-state index is 12.7. The Hall–Kier alpha value is -0.531. The third kappa shape index (κ3) is 2.85. The summed E-state index contributed by atoms with van der Waals surface area (Å²) < 4.78 is 184. The standard InChI is InChI=1S/C7F15.Cu/c8-1(9)2(10,11)3(12,13)4(14,15)5(16,17)6(18,19)7(20,21)22;. The van der Waals surface area contributed by atoms with Crippen LogP contribution in [-0.4, -0.2) is 40.6 Å². The summed E-state index contributed by atoms with van der Waals surface area (Å²) in [5.41, 5.74) is 0. The van der Waals surface area contributed by atoms with Gasteiger partial charge in [-0.25, -0.2) is 0 Å². The third-order valence-electron chi connectivity index (χ3n) is 2.27. The van der Waals surface area contributed by atoms with Gasteiger partial charge in [-0.05, 0) is 0 Å². The van der Waals surface area contributed by atoms with Crippen LogP contribution in [0.4, 0.5) is 65.9 Å². The molecule has 0 aliphatic rings. The Bertz CT molecular complexity index is 400. The summed E-state index contributed by atoms with van der Waals surface area (Å²) in [5.74, 6) is -40.1. The second-order valence-electron chi connectivity index (χ2n) is 3.82. The molecule has 0 spiro atoms. The molecule has 0 aromatic heterocycles. The molecular formula is C7CuF15. The Morgan fingerprint density at radius 1 is 0.348 bits per heavy atom. The van der Waals surface area contributed by atoms with Crippen molar-refractivity contribution < 1.29 is 81.9 Å². The fourth-order valence-corrected chi connectivity index (χ4v) is 1.08. The molecule has 0 aromatic rings. The van der Waals surface area contributed by atoms with Crippen molar-refractivity contribution in [2.24, 2.45) is 0 Å². The minimum atomic E-state index is -8.26. The monoisotopic (exact) mass is 432 g/mol. The summed E-state index contributed by atoms with van der Waals surface area (Å²) in [6.07, 6.45) is -7.60. The van der Waals surface area contributed by atoms with E-state index in [9.17, 15) is 65.9 Å². The van der Waals surface area contributed by atoms with E-state index in [1.807, 2.05) is 0 Å². The van der Waals surface area contributed by atoms with Crippen molar-refractivity contribution in [3.63, 3.8) is 0 Å². The van der Waals surface area contributed by atoms with E-state index in [0.717, 1.165) is 0 Å². The maximum atomic E-state index is 12.7. The van der Waals surface area contributed by atoms with Crippen molar-refractivity contribution in [1.82, 2.24) is 0 Å².